The van der Waals surface area contributed by atoms with Gasteiger partial charge in [-0.05, 0) is 66.1 Å². The zero-order valence-electron chi connectivity index (χ0n) is 21.7. The average Bonchev–Trinajstić information content (AvgIpc) is 3.34. The number of hydrogen-bond acceptors (Lipinski definition) is 6. The minimum Gasteiger partial charge on any atom is -0.375 e. The Morgan fingerprint density at radius 3 is 2.42 bits per heavy atom. The van der Waals surface area contributed by atoms with Gasteiger partial charge in [0.15, 0.2) is 5.13 Å². The number of carbonyl (C=O) groups excluding carboxylic acids is 2. The Hall–Kier alpha value is -3.75. The number of nitrogen functional groups attached to an aromatic ring is 1. The van der Waals surface area contributed by atoms with Crippen molar-refractivity contribution >= 4 is 51.3 Å². The summed E-state index contributed by atoms with van der Waals surface area (Å²) in [5.41, 5.74) is 10.9. The number of benzene rings is 2. The quantitative estimate of drug-likeness (QED) is 0.237. The molecule has 0 bridgehead atoms. The molecule has 1 atom stereocenters. The molecular formula is C29H30ClN5O2S. The molecule has 0 spiro atoms. The van der Waals surface area contributed by atoms with Crippen LogP contribution < -0.4 is 16.4 Å². The van der Waals surface area contributed by atoms with E-state index in [4.69, 9.17) is 17.3 Å². The number of nitrogens with one attached hydrogen (secondary N) is 2. The van der Waals surface area contributed by atoms with E-state index in [0.717, 1.165) is 17.8 Å². The Kier molecular flexibility index (Phi) is 8.14. The first-order valence-electron chi connectivity index (χ1n) is 12.2. The van der Waals surface area contributed by atoms with Crippen LogP contribution in [0.4, 0.5) is 16.5 Å². The van der Waals surface area contributed by atoms with Crippen molar-refractivity contribution in [3.63, 3.8) is 0 Å². The molecule has 0 radical (unpaired) electrons. The topological polar surface area (TPSA) is 110 Å². The molecule has 5 rings (SSSR count). The number of pyridine rings is 1. The average molecular weight is 548 g/mol. The van der Waals surface area contributed by atoms with E-state index in [-0.39, 0.29) is 22.4 Å². The lowest BCUT2D eigenvalue weighted by atomic mass is 9.86. The molecule has 0 fully saturated rings. The molecule has 1 unspecified atom stereocenters. The molecule has 0 saturated heterocycles. The number of amides is 2. The van der Waals surface area contributed by atoms with E-state index in [0.29, 0.717) is 27.2 Å². The molecule has 2 heterocycles. The zero-order valence-corrected chi connectivity index (χ0v) is 23.3. The largest absolute Gasteiger partial charge is 0.375 e. The maximum atomic E-state index is 12.5. The van der Waals surface area contributed by atoms with Crippen LogP contribution in [0.25, 0.3) is 0 Å². The van der Waals surface area contributed by atoms with Crippen molar-refractivity contribution in [2.75, 3.05) is 16.4 Å². The Bertz CT molecular complexity index is 1470. The van der Waals surface area contributed by atoms with Gasteiger partial charge >= 0.3 is 0 Å². The number of nitrogens with zero attached hydrogens (tertiary/aromatic N) is 2. The molecule has 38 heavy (non-hydrogen) atoms. The standard InChI is InChI=1S/C18H19ClN2O.C11H11N3OS/c1-11-10-18(2,3)13-7-4-8-14(15(11)13)21-17(22)12-6-5-9-20-16(12)19;1-7-9(16-11(12)13-7)10(15)14-8-5-3-2-4-6-8/h4-9,11H,10H2,1-3H3,(H,21,22);2-6H,1H3,(H2,12,13)(H,14,15). The third-order valence-electron chi connectivity index (χ3n) is 6.45. The van der Waals surface area contributed by atoms with E-state index < -0.39 is 0 Å². The monoisotopic (exact) mass is 547 g/mol. The lowest BCUT2D eigenvalue weighted by Crippen LogP contribution is -2.15. The van der Waals surface area contributed by atoms with Crippen LogP contribution in [0.1, 0.15) is 70.0 Å². The summed E-state index contributed by atoms with van der Waals surface area (Å²) in [5, 5.41) is 6.43. The van der Waals surface area contributed by atoms with Crippen molar-refractivity contribution in [3.8, 4) is 0 Å². The van der Waals surface area contributed by atoms with E-state index in [1.807, 2.05) is 42.5 Å². The third-order valence-corrected chi connectivity index (χ3v) is 7.73. The zero-order chi connectivity index (χ0) is 27.4. The second kappa shape index (κ2) is 11.3. The summed E-state index contributed by atoms with van der Waals surface area (Å²) in [4.78, 5) is 32.8. The molecular weight excluding hydrogens is 518 g/mol. The lowest BCUT2D eigenvalue weighted by Gasteiger charge is -2.19. The fourth-order valence-corrected chi connectivity index (χ4v) is 5.79. The number of fused-ring (bicyclic) bond motifs is 1. The fraction of sp³-hybridized carbons (Fsp3) is 0.241. The number of aromatic nitrogens is 2. The van der Waals surface area contributed by atoms with Gasteiger partial charge in [0.1, 0.15) is 10.0 Å². The van der Waals surface area contributed by atoms with E-state index >= 15 is 0 Å². The minimum absolute atomic E-state index is 0.140. The Labute approximate surface area is 231 Å². The van der Waals surface area contributed by atoms with Crippen LogP contribution in [0.2, 0.25) is 5.15 Å². The van der Waals surface area contributed by atoms with E-state index in [1.165, 1.54) is 22.5 Å². The molecule has 2 amide bonds. The number of hydrogen-bond donors (Lipinski definition) is 3. The smallest absolute Gasteiger partial charge is 0.267 e. The molecule has 2 aromatic carbocycles. The summed E-state index contributed by atoms with van der Waals surface area (Å²) >= 11 is 7.20. The molecule has 9 heteroatoms. The third kappa shape index (κ3) is 6.03. The van der Waals surface area contributed by atoms with Crippen LogP contribution in [0.5, 0.6) is 0 Å². The van der Waals surface area contributed by atoms with Crippen LogP contribution in [-0.4, -0.2) is 21.8 Å². The molecule has 4 aromatic rings. The van der Waals surface area contributed by atoms with Crippen molar-refractivity contribution in [1.29, 1.82) is 0 Å². The van der Waals surface area contributed by atoms with Gasteiger partial charge < -0.3 is 16.4 Å². The predicted molar refractivity (Wildman–Crippen MR) is 155 cm³/mol. The molecule has 0 saturated carbocycles. The van der Waals surface area contributed by atoms with Crippen molar-refractivity contribution in [3.05, 3.63) is 99.3 Å². The molecule has 2 aromatic heterocycles. The van der Waals surface area contributed by atoms with Crippen LogP contribution >= 0.6 is 22.9 Å². The highest BCUT2D eigenvalue weighted by atomic mass is 35.5. The highest BCUT2D eigenvalue weighted by molar-refractivity contribution is 7.17. The fourth-order valence-electron chi connectivity index (χ4n) is 4.86. The molecule has 0 aliphatic heterocycles. The summed E-state index contributed by atoms with van der Waals surface area (Å²) in [6.45, 7) is 8.48. The predicted octanol–water partition coefficient (Wildman–Crippen LogP) is 7.06. The van der Waals surface area contributed by atoms with Gasteiger partial charge in [0, 0.05) is 17.6 Å². The first-order chi connectivity index (χ1) is 18.1. The van der Waals surface area contributed by atoms with Gasteiger partial charge in [-0.3, -0.25) is 9.59 Å². The van der Waals surface area contributed by atoms with E-state index in [1.54, 1.807) is 25.3 Å². The summed E-state index contributed by atoms with van der Waals surface area (Å²) in [6.07, 6.45) is 2.66. The summed E-state index contributed by atoms with van der Waals surface area (Å²) in [5.74, 6) is 0.0344. The SMILES string of the molecule is CC1CC(C)(C)c2cccc(NC(=O)c3cccnc3Cl)c21.Cc1nc(N)sc1C(=O)Nc1ccccc1. The summed E-state index contributed by atoms with van der Waals surface area (Å²) in [6, 6.07) is 18.8. The van der Waals surface area contributed by atoms with Gasteiger partial charge in [-0.25, -0.2) is 9.97 Å². The second-order valence-electron chi connectivity index (χ2n) is 9.84. The second-order valence-corrected chi connectivity index (χ2v) is 11.2. The van der Waals surface area contributed by atoms with Gasteiger partial charge in [0.05, 0.1) is 11.3 Å². The van der Waals surface area contributed by atoms with Crippen molar-refractivity contribution in [2.24, 2.45) is 0 Å². The molecule has 196 valence electrons. The van der Waals surface area contributed by atoms with Crippen LogP contribution in [0.15, 0.2) is 66.9 Å². The first kappa shape index (κ1) is 27.3. The van der Waals surface area contributed by atoms with E-state index in [9.17, 15) is 9.59 Å². The highest BCUT2D eigenvalue weighted by Crippen LogP contribution is 2.48. The highest BCUT2D eigenvalue weighted by Gasteiger charge is 2.36. The lowest BCUT2D eigenvalue weighted by molar-refractivity contribution is 0.102. The maximum Gasteiger partial charge on any atom is 0.267 e. The number of carbonyl (C=O) groups is 2. The van der Waals surface area contributed by atoms with E-state index in [2.05, 4.69) is 47.4 Å². The van der Waals surface area contributed by atoms with Crippen molar-refractivity contribution < 1.29 is 9.59 Å². The Balaban J connectivity index is 0.000000186. The number of thiazole rings is 1. The van der Waals surface area contributed by atoms with Crippen molar-refractivity contribution in [2.45, 2.75) is 45.4 Å². The molecule has 4 N–H and O–H groups in total. The number of anilines is 3. The van der Waals surface area contributed by atoms with Gasteiger partial charge in [-0.1, -0.05) is 74.0 Å². The Morgan fingerprint density at radius 1 is 1.03 bits per heavy atom. The van der Waals surface area contributed by atoms with Gasteiger partial charge in [-0.15, -0.1) is 0 Å². The van der Waals surface area contributed by atoms with Gasteiger partial charge in [0.2, 0.25) is 0 Å². The first-order valence-corrected chi connectivity index (χ1v) is 13.4. The number of aryl methyl sites for hydroxylation is 1. The van der Waals surface area contributed by atoms with Crippen LogP contribution in [0, 0.1) is 6.92 Å². The normalized spacial score (nSPS) is 15.1. The minimum atomic E-state index is -0.219. The van der Waals surface area contributed by atoms with Crippen molar-refractivity contribution in [1.82, 2.24) is 9.97 Å². The molecule has 1 aliphatic rings. The Morgan fingerprint density at radius 2 is 1.76 bits per heavy atom. The number of nitrogens with two attached hydrogens (primary N) is 1. The molecule has 7 nitrogen and oxygen atoms in total. The number of rotatable bonds is 4. The van der Waals surface area contributed by atoms with Gasteiger partial charge in [-0.2, -0.15) is 0 Å². The number of para-hydroxylation sites is 1. The number of halogens is 1. The molecule has 1 aliphatic carbocycles. The maximum absolute atomic E-state index is 12.5. The van der Waals surface area contributed by atoms with Crippen LogP contribution in [-0.2, 0) is 5.41 Å². The summed E-state index contributed by atoms with van der Waals surface area (Å²) < 4.78 is 0. The van der Waals surface area contributed by atoms with Crippen LogP contribution in [0.3, 0.4) is 0 Å². The summed E-state index contributed by atoms with van der Waals surface area (Å²) in [7, 11) is 0. The van der Waals surface area contributed by atoms with Gasteiger partial charge in [0.25, 0.3) is 11.8 Å².